The molecule has 0 bridgehead atoms. The minimum atomic E-state index is 0.0261. The van der Waals surface area contributed by atoms with Crippen LogP contribution in [0.1, 0.15) is 42.1 Å². The van der Waals surface area contributed by atoms with E-state index in [0.29, 0.717) is 11.3 Å². The molecule has 2 atom stereocenters. The van der Waals surface area contributed by atoms with Crippen molar-refractivity contribution in [2.45, 2.75) is 44.4 Å². The van der Waals surface area contributed by atoms with Crippen molar-refractivity contribution in [2.24, 2.45) is 5.84 Å². The van der Waals surface area contributed by atoms with Crippen LogP contribution in [0.25, 0.3) is 0 Å². The van der Waals surface area contributed by atoms with E-state index in [0.717, 1.165) is 35.4 Å². The molecule has 5 heteroatoms. The van der Waals surface area contributed by atoms with Gasteiger partial charge in [0, 0.05) is 22.5 Å². The zero-order valence-corrected chi connectivity index (χ0v) is 12.9. The van der Waals surface area contributed by atoms with Gasteiger partial charge in [-0.05, 0) is 55.7 Å². The largest absolute Gasteiger partial charge is 0.349 e. The Morgan fingerprint density at radius 1 is 1.45 bits per heavy atom. The van der Waals surface area contributed by atoms with Gasteiger partial charge in [-0.3, -0.25) is 10.6 Å². The van der Waals surface area contributed by atoms with Crippen LogP contribution in [0, 0.1) is 6.92 Å². The zero-order valence-electron chi connectivity index (χ0n) is 12.1. The monoisotopic (exact) mass is 293 g/mol. The minimum Gasteiger partial charge on any atom is -0.349 e. The van der Waals surface area contributed by atoms with Gasteiger partial charge in [0.15, 0.2) is 0 Å². The molecule has 110 valence electrons. The third kappa shape index (κ3) is 3.67. The van der Waals surface area contributed by atoms with Crippen LogP contribution in [0.5, 0.6) is 0 Å². The van der Waals surface area contributed by atoms with E-state index in [1.54, 1.807) is 0 Å². The first kappa shape index (κ1) is 15.2. The third-order valence-corrected chi connectivity index (χ3v) is 4.99. The third-order valence-electron chi connectivity index (χ3n) is 3.76. The number of hydrogen-bond donors (Lipinski definition) is 3. The fourth-order valence-electron chi connectivity index (χ4n) is 2.73. The quantitative estimate of drug-likeness (QED) is 0.577. The van der Waals surface area contributed by atoms with E-state index in [-0.39, 0.29) is 5.91 Å². The Bertz CT molecular complexity index is 478. The summed E-state index contributed by atoms with van der Waals surface area (Å²) < 4.78 is 0. The molecule has 1 fully saturated rings. The Morgan fingerprint density at radius 3 is 2.90 bits per heavy atom. The Morgan fingerprint density at radius 2 is 2.25 bits per heavy atom. The molecule has 0 spiro atoms. The predicted molar refractivity (Wildman–Crippen MR) is 86.0 cm³/mol. The second-order valence-electron chi connectivity index (χ2n) is 5.23. The maximum absolute atomic E-state index is 12.3. The highest BCUT2D eigenvalue weighted by molar-refractivity contribution is 7.99. The average Bonchev–Trinajstić information content (AvgIpc) is 2.86. The normalized spacial score (nSPS) is 21.8. The molecule has 0 aromatic heterocycles. The molecule has 2 unspecified atom stereocenters. The number of nitrogen functional groups attached to an aromatic ring is 1. The number of benzene rings is 1. The van der Waals surface area contributed by atoms with Crippen molar-refractivity contribution in [1.82, 2.24) is 5.32 Å². The van der Waals surface area contributed by atoms with E-state index >= 15 is 0 Å². The maximum atomic E-state index is 12.3. The summed E-state index contributed by atoms with van der Waals surface area (Å²) in [5.41, 5.74) is 5.08. The van der Waals surface area contributed by atoms with Crippen molar-refractivity contribution in [1.29, 1.82) is 0 Å². The van der Waals surface area contributed by atoms with Crippen LogP contribution in [0.15, 0.2) is 18.2 Å². The lowest BCUT2D eigenvalue weighted by atomic mass is 10.1. The lowest BCUT2D eigenvalue weighted by Gasteiger charge is -2.15. The highest BCUT2D eigenvalue weighted by Gasteiger charge is 2.26. The Kier molecular flexibility index (Phi) is 5.31. The molecule has 0 radical (unpaired) electrons. The molecule has 4 N–H and O–H groups in total. The van der Waals surface area contributed by atoms with E-state index in [4.69, 9.17) is 5.84 Å². The summed E-state index contributed by atoms with van der Waals surface area (Å²) in [6, 6.07) is 5.86. The number of carbonyl (C=O) groups excluding carboxylic acids is 1. The van der Waals surface area contributed by atoms with Crippen LogP contribution in [0.4, 0.5) is 5.69 Å². The summed E-state index contributed by atoms with van der Waals surface area (Å²) in [6.45, 7) is 4.12. The highest BCUT2D eigenvalue weighted by Crippen LogP contribution is 2.30. The van der Waals surface area contributed by atoms with Crippen molar-refractivity contribution in [3.05, 3.63) is 29.3 Å². The maximum Gasteiger partial charge on any atom is 0.251 e. The summed E-state index contributed by atoms with van der Waals surface area (Å²) in [4.78, 5) is 12.3. The molecular formula is C15H23N3OS. The number of carbonyl (C=O) groups is 1. The van der Waals surface area contributed by atoms with Gasteiger partial charge in [0.1, 0.15) is 0 Å². The van der Waals surface area contributed by atoms with Gasteiger partial charge in [0.2, 0.25) is 0 Å². The summed E-state index contributed by atoms with van der Waals surface area (Å²) in [5, 5.41) is 3.86. The van der Waals surface area contributed by atoms with Crippen LogP contribution >= 0.6 is 11.8 Å². The second kappa shape index (κ2) is 6.99. The number of aryl methyl sites for hydroxylation is 1. The molecule has 1 aliphatic rings. The summed E-state index contributed by atoms with van der Waals surface area (Å²) >= 11 is 2.00. The molecule has 1 aliphatic carbocycles. The molecule has 20 heavy (non-hydrogen) atoms. The van der Waals surface area contributed by atoms with Crippen molar-refractivity contribution in [3.63, 3.8) is 0 Å². The highest BCUT2D eigenvalue weighted by atomic mass is 32.2. The van der Waals surface area contributed by atoms with Crippen LogP contribution in [-0.4, -0.2) is 23.0 Å². The lowest BCUT2D eigenvalue weighted by molar-refractivity contribution is 0.0937. The molecular weight excluding hydrogens is 270 g/mol. The zero-order chi connectivity index (χ0) is 14.5. The number of hydrazine groups is 1. The fraction of sp³-hybridized carbons (Fsp3) is 0.533. The van der Waals surface area contributed by atoms with Crippen molar-refractivity contribution < 1.29 is 4.79 Å². The first-order chi connectivity index (χ1) is 9.63. The Balaban J connectivity index is 1.95. The van der Waals surface area contributed by atoms with Crippen LogP contribution in [0.3, 0.4) is 0 Å². The van der Waals surface area contributed by atoms with Gasteiger partial charge < -0.3 is 10.7 Å². The number of thioether (sulfide) groups is 1. The van der Waals surface area contributed by atoms with Gasteiger partial charge in [-0.2, -0.15) is 11.8 Å². The van der Waals surface area contributed by atoms with Gasteiger partial charge >= 0.3 is 0 Å². The molecule has 1 saturated carbocycles. The smallest absolute Gasteiger partial charge is 0.251 e. The van der Waals surface area contributed by atoms with Gasteiger partial charge in [-0.1, -0.05) is 6.92 Å². The van der Waals surface area contributed by atoms with Crippen molar-refractivity contribution >= 4 is 23.4 Å². The first-order valence-electron chi connectivity index (χ1n) is 7.13. The van der Waals surface area contributed by atoms with E-state index in [1.165, 1.54) is 6.42 Å². The molecule has 1 aromatic carbocycles. The van der Waals surface area contributed by atoms with Crippen molar-refractivity contribution in [2.75, 3.05) is 11.2 Å². The Hall–Kier alpha value is -1.20. The number of amides is 1. The molecule has 4 nitrogen and oxygen atoms in total. The van der Waals surface area contributed by atoms with Crippen LogP contribution in [-0.2, 0) is 0 Å². The van der Waals surface area contributed by atoms with E-state index in [9.17, 15) is 4.79 Å². The van der Waals surface area contributed by atoms with E-state index in [1.807, 2.05) is 36.9 Å². The molecule has 0 aliphatic heterocycles. The standard InChI is InChI=1S/C15H23N3OS/c1-3-20-13-6-4-11(9-13)17-15(19)14-7-5-12(18-16)8-10(14)2/h5,7-8,11,13,18H,3-4,6,9,16H2,1-2H3,(H,17,19). The first-order valence-corrected chi connectivity index (χ1v) is 8.18. The average molecular weight is 293 g/mol. The summed E-state index contributed by atoms with van der Waals surface area (Å²) in [5.74, 6) is 6.54. The lowest BCUT2D eigenvalue weighted by Crippen LogP contribution is -2.33. The molecule has 1 amide bonds. The molecule has 0 saturated heterocycles. The van der Waals surface area contributed by atoms with E-state index < -0.39 is 0 Å². The number of rotatable bonds is 5. The van der Waals surface area contributed by atoms with Crippen LogP contribution < -0.4 is 16.6 Å². The molecule has 2 rings (SSSR count). The molecule has 0 heterocycles. The minimum absolute atomic E-state index is 0.0261. The number of hydrogen-bond acceptors (Lipinski definition) is 4. The predicted octanol–water partition coefficient (Wildman–Crippen LogP) is 2.68. The van der Waals surface area contributed by atoms with Gasteiger partial charge in [0.05, 0.1) is 0 Å². The fourth-order valence-corrected chi connectivity index (χ4v) is 3.87. The number of nitrogens with two attached hydrogens (primary N) is 1. The van der Waals surface area contributed by atoms with E-state index in [2.05, 4.69) is 17.7 Å². The van der Waals surface area contributed by atoms with Gasteiger partial charge in [0.25, 0.3) is 5.91 Å². The van der Waals surface area contributed by atoms with Gasteiger partial charge in [-0.25, -0.2) is 0 Å². The van der Waals surface area contributed by atoms with Crippen LogP contribution in [0.2, 0.25) is 0 Å². The van der Waals surface area contributed by atoms with Gasteiger partial charge in [-0.15, -0.1) is 0 Å². The SMILES string of the molecule is CCSC1CCC(NC(=O)c2ccc(NN)cc2C)C1. The summed E-state index contributed by atoms with van der Waals surface area (Å²) in [7, 11) is 0. The topological polar surface area (TPSA) is 67.2 Å². The molecule has 1 aromatic rings. The number of anilines is 1. The number of nitrogens with one attached hydrogen (secondary N) is 2. The summed E-state index contributed by atoms with van der Waals surface area (Å²) in [6.07, 6.45) is 3.38. The Labute approximate surface area is 124 Å². The van der Waals surface area contributed by atoms with Crippen molar-refractivity contribution in [3.8, 4) is 0 Å². The second-order valence-corrected chi connectivity index (χ2v) is 6.81.